The van der Waals surface area contributed by atoms with Gasteiger partial charge >= 0.3 is 0 Å². The highest BCUT2D eigenvalue weighted by molar-refractivity contribution is 5.59. The Morgan fingerprint density at radius 3 is 2.73 bits per heavy atom. The zero-order valence-corrected chi connectivity index (χ0v) is 8.79. The van der Waals surface area contributed by atoms with E-state index in [-0.39, 0.29) is 0 Å². The van der Waals surface area contributed by atoms with E-state index in [1.165, 1.54) is 0 Å². The minimum Gasteiger partial charge on any atom is -0.350 e. The van der Waals surface area contributed by atoms with Crippen molar-refractivity contribution in [3.8, 4) is 6.07 Å². The van der Waals surface area contributed by atoms with Crippen molar-refractivity contribution in [2.75, 3.05) is 18.0 Å². The van der Waals surface area contributed by atoms with Crippen LogP contribution < -0.4 is 4.90 Å². The number of anilines is 1. The summed E-state index contributed by atoms with van der Waals surface area (Å²) >= 11 is 0. The second-order valence-electron chi connectivity index (χ2n) is 3.89. The third-order valence-corrected chi connectivity index (χ3v) is 2.57. The maximum absolute atomic E-state index is 12.7. The van der Waals surface area contributed by atoms with Crippen molar-refractivity contribution in [3.63, 3.8) is 0 Å². The van der Waals surface area contributed by atoms with Crippen LogP contribution in [0.15, 0.2) is 6.07 Å². The van der Waals surface area contributed by atoms with Gasteiger partial charge in [-0.25, -0.2) is 9.37 Å². The molecule has 1 fully saturated rings. The normalized spacial score (nSPS) is 16.0. The van der Waals surface area contributed by atoms with E-state index in [9.17, 15) is 4.39 Å². The summed E-state index contributed by atoms with van der Waals surface area (Å²) in [7, 11) is 0. The molecule has 4 heteroatoms. The van der Waals surface area contributed by atoms with E-state index in [0.717, 1.165) is 11.3 Å². The molecule has 1 aromatic heterocycles. The van der Waals surface area contributed by atoms with Crippen LogP contribution in [0, 0.1) is 25.2 Å². The Labute approximate surface area is 88.2 Å². The quantitative estimate of drug-likeness (QED) is 0.701. The molecule has 1 saturated heterocycles. The van der Waals surface area contributed by atoms with Gasteiger partial charge in [-0.15, -0.1) is 0 Å². The largest absolute Gasteiger partial charge is 0.350 e. The highest BCUT2D eigenvalue weighted by atomic mass is 19.1. The maximum Gasteiger partial charge on any atom is 0.147 e. The summed E-state index contributed by atoms with van der Waals surface area (Å²) in [5.74, 6) is 0.629. The molecule has 0 radical (unpaired) electrons. The van der Waals surface area contributed by atoms with Crippen LogP contribution in [0.1, 0.15) is 16.8 Å². The van der Waals surface area contributed by atoms with Crippen molar-refractivity contribution in [2.45, 2.75) is 20.0 Å². The first kappa shape index (κ1) is 9.91. The molecular weight excluding hydrogens is 193 g/mol. The van der Waals surface area contributed by atoms with Gasteiger partial charge < -0.3 is 4.90 Å². The van der Waals surface area contributed by atoms with E-state index in [0.29, 0.717) is 24.5 Å². The molecule has 2 heterocycles. The number of pyridine rings is 1. The summed E-state index contributed by atoms with van der Waals surface area (Å²) in [5.41, 5.74) is 2.33. The van der Waals surface area contributed by atoms with Gasteiger partial charge in [-0.2, -0.15) is 5.26 Å². The second-order valence-corrected chi connectivity index (χ2v) is 3.89. The van der Waals surface area contributed by atoms with Crippen LogP contribution in [0.2, 0.25) is 0 Å². The van der Waals surface area contributed by atoms with Crippen molar-refractivity contribution >= 4 is 5.82 Å². The predicted octanol–water partition coefficient (Wildman–Crippen LogP) is 1.73. The van der Waals surface area contributed by atoms with Gasteiger partial charge in [0.15, 0.2) is 0 Å². The SMILES string of the molecule is Cc1cc(C)c(C#N)c(N2CC(F)C2)n1. The zero-order chi connectivity index (χ0) is 11.0. The van der Waals surface area contributed by atoms with Crippen LogP contribution in [0.25, 0.3) is 0 Å². The van der Waals surface area contributed by atoms with Crippen LogP contribution >= 0.6 is 0 Å². The fraction of sp³-hybridized carbons (Fsp3) is 0.455. The van der Waals surface area contributed by atoms with Crippen LogP contribution in [0.4, 0.5) is 10.2 Å². The summed E-state index contributed by atoms with van der Waals surface area (Å²) in [6.07, 6.45) is -0.779. The third-order valence-electron chi connectivity index (χ3n) is 2.57. The molecule has 0 amide bonds. The smallest absolute Gasteiger partial charge is 0.147 e. The van der Waals surface area contributed by atoms with Gasteiger partial charge in [0, 0.05) is 5.69 Å². The Balaban J connectivity index is 2.42. The summed E-state index contributed by atoms with van der Waals surface area (Å²) < 4.78 is 12.7. The predicted molar refractivity (Wildman–Crippen MR) is 55.5 cm³/mol. The lowest BCUT2D eigenvalue weighted by atomic mass is 10.1. The van der Waals surface area contributed by atoms with Crippen molar-refractivity contribution < 1.29 is 4.39 Å². The van der Waals surface area contributed by atoms with Gasteiger partial charge in [0.2, 0.25) is 0 Å². The Morgan fingerprint density at radius 1 is 1.53 bits per heavy atom. The molecule has 3 nitrogen and oxygen atoms in total. The van der Waals surface area contributed by atoms with Crippen LogP contribution in [-0.2, 0) is 0 Å². The van der Waals surface area contributed by atoms with Crippen LogP contribution in [-0.4, -0.2) is 24.2 Å². The number of hydrogen-bond donors (Lipinski definition) is 0. The molecule has 0 N–H and O–H groups in total. The van der Waals surface area contributed by atoms with Crippen molar-refractivity contribution in [2.24, 2.45) is 0 Å². The number of aromatic nitrogens is 1. The molecule has 0 aliphatic carbocycles. The number of alkyl halides is 1. The summed E-state index contributed by atoms with van der Waals surface area (Å²) in [5, 5.41) is 9.01. The molecule has 15 heavy (non-hydrogen) atoms. The topological polar surface area (TPSA) is 39.9 Å². The van der Waals surface area contributed by atoms with E-state index in [1.807, 2.05) is 24.8 Å². The molecule has 0 unspecified atom stereocenters. The average Bonchev–Trinajstić information content (AvgIpc) is 2.12. The van der Waals surface area contributed by atoms with E-state index < -0.39 is 6.17 Å². The van der Waals surface area contributed by atoms with Crippen LogP contribution in [0.5, 0.6) is 0 Å². The van der Waals surface area contributed by atoms with Gasteiger partial charge in [0.1, 0.15) is 18.1 Å². The van der Waals surface area contributed by atoms with Crippen molar-refractivity contribution in [1.29, 1.82) is 5.26 Å². The summed E-state index contributed by atoms with van der Waals surface area (Å²) in [6, 6.07) is 4.00. The fourth-order valence-electron chi connectivity index (χ4n) is 1.78. The molecule has 2 rings (SSSR count). The zero-order valence-electron chi connectivity index (χ0n) is 8.79. The lowest BCUT2D eigenvalue weighted by molar-refractivity contribution is 0.273. The van der Waals surface area contributed by atoms with Gasteiger partial charge in [0.05, 0.1) is 18.7 Å². The molecule has 0 bridgehead atoms. The molecule has 0 saturated carbocycles. The highest BCUT2D eigenvalue weighted by Crippen LogP contribution is 2.26. The first-order valence-corrected chi connectivity index (χ1v) is 4.89. The minimum atomic E-state index is -0.779. The average molecular weight is 205 g/mol. The van der Waals surface area contributed by atoms with Gasteiger partial charge in [-0.05, 0) is 25.5 Å². The van der Waals surface area contributed by atoms with E-state index in [2.05, 4.69) is 11.1 Å². The van der Waals surface area contributed by atoms with E-state index in [1.54, 1.807) is 0 Å². The Kier molecular flexibility index (Phi) is 2.31. The number of aryl methyl sites for hydroxylation is 2. The number of nitrogens with zero attached hydrogens (tertiary/aromatic N) is 3. The molecule has 1 aliphatic heterocycles. The van der Waals surface area contributed by atoms with Gasteiger partial charge in [-0.3, -0.25) is 0 Å². The molecule has 0 aromatic carbocycles. The lowest BCUT2D eigenvalue weighted by Gasteiger charge is -2.36. The Morgan fingerprint density at radius 2 is 2.20 bits per heavy atom. The second kappa shape index (κ2) is 3.50. The molecule has 0 spiro atoms. The standard InChI is InChI=1S/C11H12FN3/c1-7-3-8(2)14-11(10(7)4-13)15-5-9(12)6-15/h3,9H,5-6H2,1-2H3. The van der Waals surface area contributed by atoms with Crippen LogP contribution in [0.3, 0.4) is 0 Å². The summed E-state index contributed by atoms with van der Waals surface area (Å²) in [4.78, 5) is 6.11. The molecule has 1 aliphatic rings. The van der Waals surface area contributed by atoms with Gasteiger partial charge in [0.25, 0.3) is 0 Å². The van der Waals surface area contributed by atoms with Gasteiger partial charge in [-0.1, -0.05) is 0 Å². The molecule has 1 aromatic rings. The Bertz CT molecular complexity index is 430. The fourth-order valence-corrected chi connectivity index (χ4v) is 1.78. The van der Waals surface area contributed by atoms with Crippen molar-refractivity contribution in [3.05, 3.63) is 22.9 Å². The monoisotopic (exact) mass is 205 g/mol. The first-order chi connectivity index (χ1) is 7.11. The number of nitriles is 1. The number of halogens is 1. The van der Waals surface area contributed by atoms with E-state index in [4.69, 9.17) is 5.26 Å². The highest BCUT2D eigenvalue weighted by Gasteiger charge is 2.29. The van der Waals surface area contributed by atoms with Crippen molar-refractivity contribution in [1.82, 2.24) is 4.98 Å². The van der Waals surface area contributed by atoms with E-state index >= 15 is 0 Å². The number of rotatable bonds is 1. The third kappa shape index (κ3) is 1.65. The lowest BCUT2D eigenvalue weighted by Crippen LogP contribution is -2.49. The Hall–Kier alpha value is -1.63. The first-order valence-electron chi connectivity index (χ1n) is 4.89. The minimum absolute atomic E-state index is 0.352. The molecular formula is C11H12FN3. The molecule has 78 valence electrons. The maximum atomic E-state index is 12.7. The number of hydrogen-bond acceptors (Lipinski definition) is 3. The molecule has 0 atom stereocenters. The summed E-state index contributed by atoms with van der Waals surface area (Å²) in [6.45, 7) is 4.46.